The fourth-order valence-corrected chi connectivity index (χ4v) is 3.05. The molecule has 2 heterocycles. The first-order valence-electron chi connectivity index (χ1n) is 9.85. The highest BCUT2D eigenvalue weighted by atomic mass is 19.1. The Labute approximate surface area is 179 Å². The minimum Gasteiger partial charge on any atom is -0.473 e. The molecule has 1 aromatic heterocycles. The molecule has 0 bridgehead atoms. The van der Waals surface area contributed by atoms with Crippen molar-refractivity contribution >= 4 is 6.09 Å². The number of aryl methyl sites for hydroxylation is 1. The molecule has 1 aromatic carbocycles. The number of carbonyl (C=O) groups is 1. The van der Waals surface area contributed by atoms with Crippen LogP contribution in [0.5, 0.6) is 17.5 Å². The maximum atomic E-state index is 14.1. The third-order valence-corrected chi connectivity index (χ3v) is 4.66. The predicted molar refractivity (Wildman–Crippen MR) is 108 cm³/mol. The van der Waals surface area contributed by atoms with Gasteiger partial charge in [-0.05, 0) is 32.4 Å². The summed E-state index contributed by atoms with van der Waals surface area (Å²) < 4.78 is 44.5. The van der Waals surface area contributed by atoms with Crippen LogP contribution >= 0.6 is 0 Å². The molecule has 0 atom stereocenters. The van der Waals surface area contributed by atoms with E-state index in [4.69, 9.17) is 20.6 Å². The van der Waals surface area contributed by atoms with E-state index in [0.29, 0.717) is 25.9 Å². The van der Waals surface area contributed by atoms with Crippen LogP contribution in [0.3, 0.4) is 0 Å². The quantitative estimate of drug-likeness (QED) is 0.660. The van der Waals surface area contributed by atoms with Crippen LogP contribution in [0.1, 0.15) is 37.8 Å². The number of likely N-dealkylation sites (tertiary alicyclic amines) is 1. The maximum absolute atomic E-state index is 14.1. The Morgan fingerprint density at radius 3 is 2.52 bits per heavy atom. The van der Waals surface area contributed by atoms with E-state index in [9.17, 15) is 13.6 Å². The molecule has 31 heavy (non-hydrogen) atoms. The first kappa shape index (κ1) is 22.3. The number of carbonyl (C=O) groups excluding carboxylic acids is 1. The molecular formula is C22H23F2N3O4. The van der Waals surface area contributed by atoms with E-state index in [1.807, 2.05) is 0 Å². The van der Waals surface area contributed by atoms with Crippen LogP contribution < -0.4 is 9.47 Å². The average molecular weight is 431 g/mol. The number of aromatic nitrogens is 2. The van der Waals surface area contributed by atoms with E-state index in [1.54, 1.807) is 18.7 Å². The molecule has 0 saturated carbocycles. The van der Waals surface area contributed by atoms with Gasteiger partial charge in [-0.15, -0.1) is 6.42 Å². The van der Waals surface area contributed by atoms with E-state index >= 15 is 0 Å². The second-order valence-electron chi connectivity index (χ2n) is 7.37. The summed E-state index contributed by atoms with van der Waals surface area (Å²) in [5, 5.41) is 0. The van der Waals surface area contributed by atoms with Gasteiger partial charge < -0.3 is 19.1 Å². The van der Waals surface area contributed by atoms with E-state index < -0.39 is 11.6 Å². The summed E-state index contributed by atoms with van der Waals surface area (Å²) in [7, 11) is 0. The molecule has 0 spiro atoms. The van der Waals surface area contributed by atoms with Crippen molar-refractivity contribution < 1.29 is 27.8 Å². The van der Waals surface area contributed by atoms with Gasteiger partial charge in [-0.2, -0.15) is 0 Å². The molecular weight excluding hydrogens is 408 g/mol. The zero-order chi connectivity index (χ0) is 22.5. The van der Waals surface area contributed by atoms with Gasteiger partial charge in [-0.1, -0.05) is 5.92 Å². The zero-order valence-electron chi connectivity index (χ0n) is 17.5. The number of rotatable bonds is 5. The standard InChI is InChI=1S/C22H23F2N3O4/c1-5-16-20(30-15-6-8-27(9-7-15)22(28)29-13(2)3)25-12-26-21(16)31-19-11-17(23)14(4)10-18(19)24/h1,10-13,15H,6-9H2,2-4H3. The molecule has 7 nitrogen and oxygen atoms in total. The second-order valence-corrected chi connectivity index (χ2v) is 7.37. The number of hydrogen-bond donors (Lipinski definition) is 0. The number of ether oxygens (including phenoxy) is 3. The number of halogens is 2. The molecule has 1 fully saturated rings. The van der Waals surface area contributed by atoms with Crippen molar-refractivity contribution in [2.45, 2.75) is 45.8 Å². The molecule has 9 heteroatoms. The van der Waals surface area contributed by atoms with Crippen molar-refractivity contribution in [1.82, 2.24) is 14.9 Å². The van der Waals surface area contributed by atoms with E-state index in [-0.39, 0.29) is 46.9 Å². The van der Waals surface area contributed by atoms with Crippen molar-refractivity contribution in [3.8, 4) is 29.9 Å². The first-order valence-corrected chi connectivity index (χ1v) is 9.85. The van der Waals surface area contributed by atoms with Gasteiger partial charge in [0, 0.05) is 32.0 Å². The summed E-state index contributed by atoms with van der Waals surface area (Å²) >= 11 is 0. The highest BCUT2D eigenvalue weighted by Crippen LogP contribution is 2.31. The van der Waals surface area contributed by atoms with Crippen LogP contribution in [0.15, 0.2) is 18.5 Å². The van der Waals surface area contributed by atoms with E-state index in [2.05, 4.69) is 15.9 Å². The van der Waals surface area contributed by atoms with Crippen LogP contribution in [0.4, 0.5) is 13.6 Å². The van der Waals surface area contributed by atoms with E-state index in [0.717, 1.165) is 12.1 Å². The van der Waals surface area contributed by atoms with Crippen LogP contribution in [-0.2, 0) is 4.74 Å². The number of piperidine rings is 1. The molecule has 1 saturated heterocycles. The lowest BCUT2D eigenvalue weighted by atomic mass is 10.1. The van der Waals surface area contributed by atoms with Gasteiger partial charge in [-0.3, -0.25) is 0 Å². The summed E-state index contributed by atoms with van der Waals surface area (Å²) in [5.74, 6) is 0.664. The Balaban J connectivity index is 1.71. The third kappa shape index (κ3) is 5.40. The molecule has 3 rings (SSSR count). The van der Waals surface area contributed by atoms with Gasteiger partial charge in [0.25, 0.3) is 0 Å². The predicted octanol–water partition coefficient (Wildman–Crippen LogP) is 4.23. The fourth-order valence-electron chi connectivity index (χ4n) is 3.05. The topological polar surface area (TPSA) is 73.8 Å². The van der Waals surface area contributed by atoms with Gasteiger partial charge in [0.1, 0.15) is 23.8 Å². The smallest absolute Gasteiger partial charge is 0.410 e. The molecule has 2 aromatic rings. The van der Waals surface area contributed by atoms with Gasteiger partial charge in [0.2, 0.25) is 11.8 Å². The average Bonchev–Trinajstić information content (AvgIpc) is 2.72. The monoisotopic (exact) mass is 431 g/mol. The lowest BCUT2D eigenvalue weighted by Gasteiger charge is -2.31. The molecule has 0 unspecified atom stereocenters. The number of terminal acetylenes is 1. The van der Waals surface area contributed by atoms with Gasteiger partial charge >= 0.3 is 6.09 Å². The molecule has 164 valence electrons. The van der Waals surface area contributed by atoms with Crippen molar-refractivity contribution in [2.75, 3.05) is 13.1 Å². The number of benzene rings is 1. The third-order valence-electron chi connectivity index (χ3n) is 4.66. The zero-order valence-corrected chi connectivity index (χ0v) is 17.5. The largest absolute Gasteiger partial charge is 0.473 e. The first-order chi connectivity index (χ1) is 14.8. The van der Waals surface area contributed by atoms with Crippen molar-refractivity contribution in [3.63, 3.8) is 0 Å². The normalized spacial score (nSPS) is 14.3. The minimum absolute atomic E-state index is 0.0875. The highest BCUT2D eigenvalue weighted by molar-refractivity contribution is 5.67. The van der Waals surface area contributed by atoms with Crippen LogP contribution in [-0.4, -0.2) is 46.3 Å². The highest BCUT2D eigenvalue weighted by Gasteiger charge is 2.27. The van der Waals surface area contributed by atoms with Crippen LogP contribution in [0.2, 0.25) is 0 Å². The van der Waals surface area contributed by atoms with Crippen LogP contribution in [0.25, 0.3) is 0 Å². The molecule has 1 aliphatic heterocycles. The van der Waals surface area contributed by atoms with Crippen molar-refractivity contribution in [1.29, 1.82) is 0 Å². The van der Waals surface area contributed by atoms with Gasteiger partial charge in [0.05, 0.1) is 6.10 Å². The molecule has 1 amide bonds. The maximum Gasteiger partial charge on any atom is 0.410 e. The fraction of sp³-hybridized carbons (Fsp3) is 0.409. The van der Waals surface area contributed by atoms with Gasteiger partial charge in [0.15, 0.2) is 11.6 Å². The Morgan fingerprint density at radius 1 is 1.19 bits per heavy atom. The van der Waals surface area contributed by atoms with Crippen LogP contribution in [0, 0.1) is 30.9 Å². The Bertz CT molecular complexity index is 999. The Morgan fingerprint density at radius 2 is 1.87 bits per heavy atom. The summed E-state index contributed by atoms with van der Waals surface area (Å²) in [6.45, 7) is 5.95. The lowest BCUT2D eigenvalue weighted by Crippen LogP contribution is -2.42. The summed E-state index contributed by atoms with van der Waals surface area (Å²) in [6.07, 6.45) is 7.06. The lowest BCUT2D eigenvalue weighted by molar-refractivity contribution is 0.0506. The van der Waals surface area contributed by atoms with Gasteiger partial charge in [-0.25, -0.2) is 23.5 Å². The Hall–Kier alpha value is -3.41. The summed E-state index contributed by atoms with van der Waals surface area (Å²) in [4.78, 5) is 21.6. The summed E-state index contributed by atoms with van der Waals surface area (Å²) in [6, 6.07) is 1.95. The summed E-state index contributed by atoms with van der Waals surface area (Å²) in [5.41, 5.74) is 0.238. The Kier molecular flexibility index (Phi) is 6.90. The van der Waals surface area contributed by atoms with Crippen molar-refractivity contribution in [2.24, 2.45) is 0 Å². The SMILES string of the molecule is C#Cc1c(Oc2cc(F)c(C)cc2F)ncnc1OC1CCN(C(=O)OC(C)C)CC1. The minimum atomic E-state index is -0.747. The van der Waals surface area contributed by atoms with E-state index in [1.165, 1.54) is 13.3 Å². The number of nitrogens with zero attached hydrogens (tertiary/aromatic N) is 3. The van der Waals surface area contributed by atoms with Crippen molar-refractivity contribution in [3.05, 3.63) is 41.2 Å². The number of hydrogen-bond acceptors (Lipinski definition) is 6. The number of amides is 1. The molecule has 1 aliphatic rings. The second kappa shape index (κ2) is 9.60. The molecule has 0 aliphatic carbocycles. The molecule has 0 radical (unpaired) electrons. The molecule has 0 N–H and O–H groups in total.